The third-order valence-electron chi connectivity index (χ3n) is 0.796. The van der Waals surface area contributed by atoms with Gasteiger partial charge in [0.2, 0.25) is 5.91 Å². The van der Waals surface area contributed by atoms with Gasteiger partial charge in [-0.25, -0.2) is 0 Å². The summed E-state index contributed by atoms with van der Waals surface area (Å²) < 4.78 is 0. The quantitative estimate of drug-likeness (QED) is 0.549. The highest BCUT2D eigenvalue weighted by atomic mass is 35.5. The summed E-state index contributed by atoms with van der Waals surface area (Å²) in [5.41, 5.74) is 0. The van der Waals surface area contributed by atoms with E-state index < -0.39 is 0 Å². The van der Waals surface area contributed by atoms with Crippen LogP contribution in [0.1, 0.15) is 0 Å². The van der Waals surface area contributed by atoms with Crippen molar-refractivity contribution in [3.05, 3.63) is 25.6 Å². The summed E-state index contributed by atoms with van der Waals surface area (Å²) in [6.07, 6.45) is 2.72. The summed E-state index contributed by atoms with van der Waals surface area (Å²) in [5, 5.41) is 0. The van der Waals surface area contributed by atoms with Crippen LogP contribution in [0, 0.1) is 0 Å². The van der Waals surface area contributed by atoms with E-state index in [0.717, 1.165) is 0 Å². The minimum absolute atomic E-state index is 0.0436. The first-order valence-electron chi connectivity index (χ1n) is 2.38. The number of nitrogens with zero attached hydrogens (tertiary/aromatic N) is 1. The van der Waals surface area contributed by atoms with Crippen LogP contribution in [0.25, 0.3) is 0 Å². The first-order chi connectivity index (χ1) is 4.26. The van der Waals surface area contributed by atoms with E-state index in [9.17, 15) is 4.79 Å². The second-order valence-corrected chi connectivity index (χ2v) is 1.57. The third-order valence-corrected chi connectivity index (χ3v) is 1.02. The molecule has 0 radical (unpaired) electrons. The molecule has 0 N–H and O–H groups in total. The number of hydrogen-bond acceptors (Lipinski definition) is 1. The van der Waals surface area contributed by atoms with E-state index in [2.05, 4.69) is 13.2 Å². The fraction of sp³-hybridized carbons (Fsp3) is 0.167. The highest BCUT2D eigenvalue weighted by Gasteiger charge is 2.01. The third kappa shape index (κ3) is 2.33. The monoisotopic (exact) mass is 145 g/mol. The van der Waals surface area contributed by atoms with E-state index >= 15 is 0 Å². The lowest BCUT2D eigenvalue weighted by molar-refractivity contribution is -0.123. The summed E-state index contributed by atoms with van der Waals surface area (Å²) in [7, 11) is 0. The van der Waals surface area contributed by atoms with E-state index in [1.807, 2.05) is 0 Å². The van der Waals surface area contributed by atoms with Crippen LogP contribution >= 0.6 is 11.6 Å². The number of alkyl halides is 1. The molecule has 0 atom stereocenters. The molecule has 0 heterocycles. The first-order valence-corrected chi connectivity index (χ1v) is 2.92. The van der Waals surface area contributed by atoms with Crippen molar-refractivity contribution in [1.29, 1.82) is 0 Å². The highest BCUT2D eigenvalue weighted by molar-refractivity contribution is 6.27. The van der Waals surface area contributed by atoms with Crippen molar-refractivity contribution in [1.82, 2.24) is 4.90 Å². The van der Waals surface area contributed by atoms with E-state index in [4.69, 9.17) is 11.6 Å². The molecule has 50 valence electrons. The lowest BCUT2D eigenvalue weighted by Crippen LogP contribution is -2.19. The van der Waals surface area contributed by atoms with Gasteiger partial charge in [0.15, 0.2) is 0 Å². The van der Waals surface area contributed by atoms with Gasteiger partial charge in [-0.3, -0.25) is 9.69 Å². The number of carbonyl (C=O) groups is 1. The van der Waals surface area contributed by atoms with Gasteiger partial charge in [0.25, 0.3) is 0 Å². The van der Waals surface area contributed by atoms with Crippen molar-refractivity contribution in [3.8, 4) is 0 Å². The van der Waals surface area contributed by atoms with E-state index in [-0.39, 0.29) is 11.8 Å². The molecule has 0 unspecified atom stereocenters. The van der Waals surface area contributed by atoms with Crippen molar-refractivity contribution >= 4 is 17.5 Å². The van der Waals surface area contributed by atoms with E-state index in [1.54, 1.807) is 0 Å². The lowest BCUT2D eigenvalue weighted by Gasteiger charge is -2.08. The van der Waals surface area contributed by atoms with Crippen molar-refractivity contribution in [2.45, 2.75) is 0 Å². The normalized spacial score (nSPS) is 8.11. The molecule has 0 aliphatic rings. The van der Waals surface area contributed by atoms with Gasteiger partial charge in [-0.05, 0) is 0 Å². The van der Waals surface area contributed by atoms with Crippen LogP contribution in [0.4, 0.5) is 0 Å². The summed E-state index contributed by atoms with van der Waals surface area (Å²) >= 11 is 5.22. The van der Waals surface area contributed by atoms with Crippen LogP contribution in [0.15, 0.2) is 25.6 Å². The molecular weight excluding hydrogens is 138 g/mol. The fourth-order valence-electron chi connectivity index (χ4n) is 0.347. The predicted octanol–water partition coefficient (Wildman–Crippen LogP) is 1.34. The maximum atomic E-state index is 10.6. The van der Waals surface area contributed by atoms with Gasteiger partial charge in [-0.2, -0.15) is 0 Å². The van der Waals surface area contributed by atoms with Crippen LogP contribution < -0.4 is 0 Å². The van der Waals surface area contributed by atoms with Gasteiger partial charge in [0.05, 0.1) is 0 Å². The number of carbonyl (C=O) groups excluding carboxylic acids is 1. The maximum absolute atomic E-state index is 10.6. The molecule has 3 heteroatoms. The van der Waals surface area contributed by atoms with Crippen LogP contribution in [0.2, 0.25) is 0 Å². The van der Waals surface area contributed by atoms with Gasteiger partial charge >= 0.3 is 0 Å². The van der Waals surface area contributed by atoms with Gasteiger partial charge in [-0.15, -0.1) is 11.6 Å². The number of rotatable bonds is 3. The number of amides is 1. The van der Waals surface area contributed by atoms with Crippen molar-refractivity contribution < 1.29 is 4.79 Å². The molecule has 0 rings (SSSR count). The van der Waals surface area contributed by atoms with E-state index in [1.165, 1.54) is 17.3 Å². The largest absolute Gasteiger partial charge is 0.295 e. The molecule has 0 saturated heterocycles. The fourth-order valence-corrected chi connectivity index (χ4v) is 0.485. The molecule has 0 aliphatic heterocycles. The molecule has 0 saturated carbocycles. The molecule has 0 aromatic carbocycles. The topological polar surface area (TPSA) is 20.3 Å². The smallest absolute Gasteiger partial charge is 0.245 e. The Morgan fingerprint density at radius 1 is 1.56 bits per heavy atom. The van der Waals surface area contributed by atoms with Gasteiger partial charge in [0.1, 0.15) is 5.88 Å². The highest BCUT2D eigenvalue weighted by Crippen LogP contribution is 1.91. The standard InChI is InChI=1S/C6H8ClNO/c1-3-8(4-2)6(9)5-7/h3-4H,1-2,5H2. The summed E-state index contributed by atoms with van der Waals surface area (Å²) in [6.45, 7) is 6.75. The summed E-state index contributed by atoms with van der Waals surface area (Å²) in [5.74, 6) is -0.264. The molecule has 0 spiro atoms. The first kappa shape index (κ1) is 8.24. The summed E-state index contributed by atoms with van der Waals surface area (Å²) in [6, 6.07) is 0. The Bertz CT molecular complexity index is 125. The Kier molecular flexibility index (Phi) is 3.80. The van der Waals surface area contributed by atoms with Crippen molar-refractivity contribution in [2.24, 2.45) is 0 Å². The molecule has 9 heavy (non-hydrogen) atoms. The van der Waals surface area contributed by atoms with Gasteiger partial charge < -0.3 is 0 Å². The molecule has 0 bridgehead atoms. The number of hydrogen-bond donors (Lipinski definition) is 0. The average molecular weight is 146 g/mol. The zero-order valence-corrected chi connectivity index (χ0v) is 5.77. The Morgan fingerprint density at radius 2 is 2.00 bits per heavy atom. The lowest BCUT2D eigenvalue weighted by atomic mass is 10.6. The summed E-state index contributed by atoms with van der Waals surface area (Å²) in [4.78, 5) is 11.9. The molecule has 0 aliphatic carbocycles. The minimum atomic E-state index is -0.221. The van der Waals surface area contributed by atoms with Gasteiger partial charge in [-0.1, -0.05) is 13.2 Å². The number of halogens is 1. The van der Waals surface area contributed by atoms with Crippen LogP contribution in [-0.2, 0) is 4.79 Å². The molecule has 0 fully saturated rings. The SMILES string of the molecule is C=CN(C=C)C(=O)CCl. The zero-order valence-electron chi connectivity index (χ0n) is 5.01. The molecular formula is C6H8ClNO. The molecule has 2 nitrogen and oxygen atoms in total. The Labute approximate surface area is 59.4 Å². The van der Waals surface area contributed by atoms with Crippen molar-refractivity contribution in [2.75, 3.05) is 5.88 Å². The predicted molar refractivity (Wildman–Crippen MR) is 38.0 cm³/mol. The maximum Gasteiger partial charge on any atom is 0.245 e. The Hall–Kier alpha value is -0.760. The molecule has 0 aromatic rings. The zero-order chi connectivity index (χ0) is 7.28. The van der Waals surface area contributed by atoms with Crippen LogP contribution in [-0.4, -0.2) is 16.7 Å². The Balaban J connectivity index is 3.93. The second-order valence-electron chi connectivity index (χ2n) is 1.30. The van der Waals surface area contributed by atoms with Gasteiger partial charge in [0, 0.05) is 12.4 Å². The molecule has 0 aromatic heterocycles. The van der Waals surface area contributed by atoms with Crippen LogP contribution in [0.5, 0.6) is 0 Å². The van der Waals surface area contributed by atoms with Crippen LogP contribution in [0.3, 0.4) is 0 Å². The average Bonchev–Trinajstić information content (AvgIpc) is 1.90. The second kappa shape index (κ2) is 4.15. The van der Waals surface area contributed by atoms with E-state index in [0.29, 0.717) is 0 Å². The van der Waals surface area contributed by atoms with Crippen molar-refractivity contribution in [3.63, 3.8) is 0 Å². The minimum Gasteiger partial charge on any atom is -0.295 e. The molecule has 1 amide bonds. The Morgan fingerprint density at radius 3 is 2.11 bits per heavy atom.